The Kier molecular flexibility index (Phi) is 5.36. The lowest BCUT2D eigenvalue weighted by atomic mass is 10.2. The van der Waals surface area contributed by atoms with Crippen molar-refractivity contribution in [2.45, 2.75) is 17.2 Å². The highest BCUT2D eigenvalue weighted by molar-refractivity contribution is 7.98. The van der Waals surface area contributed by atoms with Gasteiger partial charge in [0.15, 0.2) is 0 Å². The van der Waals surface area contributed by atoms with Crippen LogP contribution >= 0.6 is 11.8 Å². The summed E-state index contributed by atoms with van der Waals surface area (Å²) >= 11 is 1.61. The first-order chi connectivity index (χ1) is 10.1. The van der Waals surface area contributed by atoms with Crippen LogP contribution in [0.2, 0.25) is 0 Å². The maximum absolute atomic E-state index is 11.2. The highest BCUT2D eigenvalue weighted by Crippen LogP contribution is 2.29. The molecule has 4 nitrogen and oxygen atoms in total. The van der Waals surface area contributed by atoms with Crippen LogP contribution in [0.1, 0.15) is 11.1 Å². The van der Waals surface area contributed by atoms with Crippen molar-refractivity contribution in [2.24, 2.45) is 0 Å². The summed E-state index contributed by atoms with van der Waals surface area (Å²) in [6, 6.07) is 15.6. The summed E-state index contributed by atoms with van der Waals surface area (Å²) < 4.78 is 0. The molecule has 0 aliphatic rings. The van der Waals surface area contributed by atoms with Crippen LogP contribution in [0.4, 0.5) is 5.69 Å². The first-order valence-corrected chi connectivity index (χ1v) is 7.63. The first-order valence-electron chi connectivity index (χ1n) is 6.65. The van der Waals surface area contributed by atoms with Crippen LogP contribution in [0.5, 0.6) is 0 Å². The molecule has 0 aromatic heterocycles. The van der Waals surface area contributed by atoms with Gasteiger partial charge >= 0.3 is 0 Å². The van der Waals surface area contributed by atoms with Gasteiger partial charge in [-0.25, -0.2) is 0 Å². The fourth-order valence-corrected chi connectivity index (χ4v) is 2.90. The van der Waals surface area contributed by atoms with Crippen molar-refractivity contribution >= 4 is 17.4 Å². The summed E-state index contributed by atoms with van der Waals surface area (Å²) in [4.78, 5) is 13.8. The monoisotopic (exact) mass is 302 g/mol. The first kappa shape index (κ1) is 15.5. The molecule has 2 aromatic carbocycles. The van der Waals surface area contributed by atoms with Crippen LogP contribution < -0.4 is 0 Å². The van der Waals surface area contributed by atoms with Gasteiger partial charge in [-0.3, -0.25) is 10.1 Å². The van der Waals surface area contributed by atoms with E-state index in [0.717, 1.165) is 16.2 Å². The SMILES string of the molecule is CN(C)Cc1ccc(SCc2ccccc2)cc1[N+](=O)[O-]. The van der Waals surface area contributed by atoms with Crippen molar-refractivity contribution in [3.8, 4) is 0 Å². The minimum atomic E-state index is -0.300. The zero-order chi connectivity index (χ0) is 15.2. The average Bonchev–Trinajstić information content (AvgIpc) is 2.46. The lowest BCUT2D eigenvalue weighted by Crippen LogP contribution is -2.12. The van der Waals surface area contributed by atoms with Gasteiger partial charge < -0.3 is 4.90 Å². The minimum Gasteiger partial charge on any atom is -0.305 e. The van der Waals surface area contributed by atoms with Gasteiger partial charge in [-0.15, -0.1) is 11.8 Å². The molecular formula is C16H18N2O2S. The van der Waals surface area contributed by atoms with Crippen LogP contribution in [-0.4, -0.2) is 23.9 Å². The molecule has 5 heteroatoms. The Bertz CT molecular complexity index is 615. The number of nitro groups is 1. The standard InChI is InChI=1S/C16H18N2O2S/c1-17(2)11-14-8-9-15(10-16(14)18(19)20)21-12-13-6-4-3-5-7-13/h3-10H,11-12H2,1-2H3. The molecule has 2 rings (SSSR count). The topological polar surface area (TPSA) is 46.4 Å². The lowest BCUT2D eigenvalue weighted by Gasteiger charge is -2.11. The van der Waals surface area contributed by atoms with Gasteiger partial charge in [0.2, 0.25) is 0 Å². The number of hydrogen-bond acceptors (Lipinski definition) is 4. The van der Waals surface area contributed by atoms with Crippen LogP contribution in [0.3, 0.4) is 0 Å². The molecule has 0 atom stereocenters. The Balaban J connectivity index is 2.14. The van der Waals surface area contributed by atoms with E-state index in [1.165, 1.54) is 5.56 Å². The molecule has 0 saturated heterocycles. The molecule has 2 aromatic rings. The molecule has 110 valence electrons. The number of rotatable bonds is 6. The molecule has 0 amide bonds. The summed E-state index contributed by atoms with van der Waals surface area (Å²) in [6.45, 7) is 0.569. The Hall–Kier alpha value is -1.85. The van der Waals surface area contributed by atoms with Gasteiger partial charge in [0.05, 0.1) is 4.92 Å². The molecule has 0 aliphatic heterocycles. The normalized spacial score (nSPS) is 10.8. The molecule has 0 unspecified atom stereocenters. The Morgan fingerprint density at radius 2 is 1.86 bits per heavy atom. The second kappa shape index (κ2) is 7.24. The fourth-order valence-electron chi connectivity index (χ4n) is 2.02. The third kappa shape index (κ3) is 4.58. The maximum Gasteiger partial charge on any atom is 0.275 e. The fraction of sp³-hybridized carbons (Fsp3) is 0.250. The summed E-state index contributed by atoms with van der Waals surface area (Å²) in [7, 11) is 3.81. The van der Waals surface area contributed by atoms with Gasteiger partial charge in [0, 0.05) is 28.8 Å². The van der Waals surface area contributed by atoms with E-state index in [9.17, 15) is 10.1 Å². The summed E-state index contributed by atoms with van der Waals surface area (Å²) in [5, 5.41) is 11.2. The summed E-state index contributed by atoms with van der Waals surface area (Å²) in [5.41, 5.74) is 2.15. The summed E-state index contributed by atoms with van der Waals surface area (Å²) in [5.74, 6) is 0.811. The second-order valence-electron chi connectivity index (χ2n) is 5.06. The molecule has 21 heavy (non-hydrogen) atoms. The predicted molar refractivity (Wildman–Crippen MR) is 86.5 cm³/mol. The van der Waals surface area contributed by atoms with E-state index >= 15 is 0 Å². The number of benzene rings is 2. The molecule has 0 spiro atoms. The largest absolute Gasteiger partial charge is 0.305 e. The second-order valence-corrected chi connectivity index (χ2v) is 6.11. The van der Waals surface area contributed by atoms with Crippen LogP contribution in [-0.2, 0) is 12.3 Å². The lowest BCUT2D eigenvalue weighted by molar-refractivity contribution is -0.385. The number of nitrogens with zero attached hydrogens (tertiary/aromatic N) is 2. The average molecular weight is 302 g/mol. The van der Waals surface area contributed by atoms with Gasteiger partial charge in [-0.2, -0.15) is 0 Å². The van der Waals surface area contributed by atoms with E-state index in [1.54, 1.807) is 17.8 Å². The smallest absolute Gasteiger partial charge is 0.275 e. The molecule has 0 aliphatic carbocycles. The number of thioether (sulfide) groups is 1. The van der Waals surface area contributed by atoms with E-state index in [0.29, 0.717) is 6.54 Å². The van der Waals surface area contributed by atoms with E-state index in [4.69, 9.17) is 0 Å². The van der Waals surface area contributed by atoms with Gasteiger partial charge in [-0.05, 0) is 31.8 Å². The molecular weight excluding hydrogens is 284 g/mol. The van der Waals surface area contributed by atoms with Crippen LogP contribution in [0.25, 0.3) is 0 Å². The number of hydrogen-bond donors (Lipinski definition) is 0. The molecule has 0 bridgehead atoms. The van der Waals surface area contributed by atoms with Crippen LogP contribution in [0, 0.1) is 10.1 Å². The van der Waals surface area contributed by atoms with Crippen molar-refractivity contribution in [1.82, 2.24) is 4.90 Å². The third-order valence-electron chi connectivity index (χ3n) is 2.99. The Morgan fingerprint density at radius 1 is 1.14 bits per heavy atom. The third-order valence-corrected chi connectivity index (χ3v) is 4.05. The zero-order valence-corrected chi connectivity index (χ0v) is 13.0. The molecule has 0 fully saturated rings. The molecule has 0 radical (unpaired) electrons. The summed E-state index contributed by atoms with van der Waals surface area (Å²) in [6.07, 6.45) is 0. The highest BCUT2D eigenvalue weighted by atomic mass is 32.2. The predicted octanol–water partition coefficient (Wildman–Crippen LogP) is 3.95. The van der Waals surface area contributed by atoms with Crippen molar-refractivity contribution in [1.29, 1.82) is 0 Å². The quantitative estimate of drug-likeness (QED) is 0.460. The zero-order valence-electron chi connectivity index (χ0n) is 12.2. The molecule has 0 N–H and O–H groups in total. The van der Waals surface area contributed by atoms with E-state index < -0.39 is 0 Å². The van der Waals surface area contributed by atoms with E-state index in [2.05, 4.69) is 12.1 Å². The Morgan fingerprint density at radius 3 is 2.48 bits per heavy atom. The van der Waals surface area contributed by atoms with Crippen molar-refractivity contribution in [3.05, 3.63) is 69.8 Å². The van der Waals surface area contributed by atoms with Crippen LogP contribution in [0.15, 0.2) is 53.4 Å². The molecule has 0 heterocycles. The van der Waals surface area contributed by atoms with E-state index in [1.807, 2.05) is 49.3 Å². The maximum atomic E-state index is 11.2. The van der Waals surface area contributed by atoms with Gasteiger partial charge in [-0.1, -0.05) is 30.3 Å². The van der Waals surface area contributed by atoms with Crippen molar-refractivity contribution < 1.29 is 4.92 Å². The molecule has 0 saturated carbocycles. The van der Waals surface area contributed by atoms with E-state index in [-0.39, 0.29) is 10.6 Å². The highest BCUT2D eigenvalue weighted by Gasteiger charge is 2.15. The van der Waals surface area contributed by atoms with Gasteiger partial charge in [0.25, 0.3) is 5.69 Å². The van der Waals surface area contributed by atoms with Crippen molar-refractivity contribution in [3.63, 3.8) is 0 Å². The number of nitro benzene ring substituents is 1. The van der Waals surface area contributed by atoms with Gasteiger partial charge in [0.1, 0.15) is 0 Å². The van der Waals surface area contributed by atoms with Crippen molar-refractivity contribution in [2.75, 3.05) is 14.1 Å². The Labute approximate surface area is 128 Å². The minimum absolute atomic E-state index is 0.196.